The van der Waals surface area contributed by atoms with E-state index < -0.39 is 5.41 Å². The van der Waals surface area contributed by atoms with Crippen molar-refractivity contribution in [3.8, 4) is 11.4 Å². The van der Waals surface area contributed by atoms with Crippen molar-refractivity contribution in [2.45, 2.75) is 19.4 Å². The van der Waals surface area contributed by atoms with E-state index in [0.717, 1.165) is 11.4 Å². The van der Waals surface area contributed by atoms with E-state index in [0.29, 0.717) is 44.8 Å². The molecule has 9 heteroatoms. The maximum absolute atomic E-state index is 12.6. The SMILES string of the molecule is COc1ccc(-n2cc(CNC(=O)C3(CN)CCOCC3)nn2)cc1.Cl. The number of carbonyl (C=O) groups is 1. The molecule has 1 fully saturated rings. The minimum atomic E-state index is -0.537. The molecule has 2 heterocycles. The van der Waals surface area contributed by atoms with Crippen molar-refractivity contribution in [1.82, 2.24) is 20.3 Å². The number of benzene rings is 1. The lowest BCUT2D eigenvalue weighted by molar-refractivity contribution is -0.136. The highest BCUT2D eigenvalue weighted by atomic mass is 35.5. The summed E-state index contributed by atoms with van der Waals surface area (Å²) in [6.07, 6.45) is 3.09. The van der Waals surface area contributed by atoms with Crippen molar-refractivity contribution in [1.29, 1.82) is 0 Å². The maximum Gasteiger partial charge on any atom is 0.227 e. The average molecular weight is 382 g/mol. The fourth-order valence-electron chi connectivity index (χ4n) is 2.88. The Labute approximate surface area is 158 Å². The van der Waals surface area contributed by atoms with Crippen LogP contribution < -0.4 is 15.8 Å². The second kappa shape index (κ2) is 8.98. The molecule has 1 aliphatic rings. The van der Waals surface area contributed by atoms with Crippen LogP contribution in [0.5, 0.6) is 5.75 Å². The van der Waals surface area contributed by atoms with Crippen LogP contribution in [0, 0.1) is 5.41 Å². The van der Waals surface area contributed by atoms with Gasteiger partial charge in [0, 0.05) is 19.8 Å². The van der Waals surface area contributed by atoms with Crippen LogP contribution in [0.15, 0.2) is 30.5 Å². The molecule has 1 saturated heterocycles. The molecular weight excluding hydrogens is 358 g/mol. The summed E-state index contributed by atoms with van der Waals surface area (Å²) in [5, 5.41) is 11.1. The van der Waals surface area contributed by atoms with Gasteiger partial charge in [-0.25, -0.2) is 4.68 Å². The van der Waals surface area contributed by atoms with E-state index in [-0.39, 0.29) is 18.3 Å². The minimum Gasteiger partial charge on any atom is -0.497 e. The van der Waals surface area contributed by atoms with E-state index in [4.69, 9.17) is 15.2 Å². The summed E-state index contributed by atoms with van der Waals surface area (Å²) >= 11 is 0. The number of aromatic nitrogens is 3. The van der Waals surface area contributed by atoms with Crippen LogP contribution in [0.25, 0.3) is 5.69 Å². The van der Waals surface area contributed by atoms with Gasteiger partial charge in [-0.1, -0.05) is 5.21 Å². The third-order valence-corrected chi connectivity index (χ3v) is 4.63. The predicted octanol–water partition coefficient (Wildman–Crippen LogP) is 1.07. The highest BCUT2D eigenvalue weighted by molar-refractivity contribution is 5.85. The molecule has 8 nitrogen and oxygen atoms in total. The predicted molar refractivity (Wildman–Crippen MR) is 98.5 cm³/mol. The van der Waals surface area contributed by atoms with Crippen molar-refractivity contribution in [2.24, 2.45) is 11.1 Å². The van der Waals surface area contributed by atoms with Crippen LogP contribution in [0.2, 0.25) is 0 Å². The van der Waals surface area contributed by atoms with E-state index in [9.17, 15) is 4.79 Å². The number of hydrogen-bond acceptors (Lipinski definition) is 6. The molecule has 0 atom stereocenters. The van der Waals surface area contributed by atoms with Crippen molar-refractivity contribution in [3.05, 3.63) is 36.2 Å². The van der Waals surface area contributed by atoms with Crippen LogP contribution >= 0.6 is 12.4 Å². The molecule has 0 bridgehead atoms. The normalized spacial score (nSPS) is 15.8. The Morgan fingerprint density at radius 2 is 2.04 bits per heavy atom. The summed E-state index contributed by atoms with van der Waals surface area (Å²) in [5.41, 5.74) is 6.87. The summed E-state index contributed by atoms with van der Waals surface area (Å²) in [7, 11) is 1.62. The molecule has 1 aromatic heterocycles. The summed E-state index contributed by atoms with van der Waals surface area (Å²) < 4.78 is 12.1. The van der Waals surface area contributed by atoms with Crippen LogP contribution in [0.1, 0.15) is 18.5 Å². The number of hydrogen-bond donors (Lipinski definition) is 2. The fraction of sp³-hybridized carbons (Fsp3) is 0.471. The number of nitrogens with zero attached hydrogens (tertiary/aromatic N) is 3. The quantitative estimate of drug-likeness (QED) is 0.775. The standard InChI is InChI=1S/C17H23N5O3.ClH/c1-24-15-4-2-14(3-5-15)22-11-13(20-21-22)10-19-16(23)17(12-18)6-8-25-9-7-17;/h2-5,11H,6-10,12,18H2,1H3,(H,19,23);1H. The highest BCUT2D eigenvalue weighted by Gasteiger charge is 2.38. The molecule has 0 aliphatic carbocycles. The van der Waals surface area contributed by atoms with Gasteiger partial charge in [0.1, 0.15) is 11.4 Å². The third-order valence-electron chi connectivity index (χ3n) is 4.63. The number of methoxy groups -OCH3 is 1. The third kappa shape index (κ3) is 4.32. The zero-order valence-electron chi connectivity index (χ0n) is 14.7. The van der Waals surface area contributed by atoms with Crippen molar-refractivity contribution in [2.75, 3.05) is 26.9 Å². The first-order chi connectivity index (χ1) is 12.2. The lowest BCUT2D eigenvalue weighted by Crippen LogP contribution is -2.49. The molecule has 1 aromatic carbocycles. The minimum absolute atomic E-state index is 0. The van der Waals surface area contributed by atoms with Gasteiger partial charge >= 0.3 is 0 Å². The molecule has 0 unspecified atom stereocenters. The first-order valence-corrected chi connectivity index (χ1v) is 8.29. The molecule has 1 amide bonds. The summed E-state index contributed by atoms with van der Waals surface area (Å²) in [5.74, 6) is 0.734. The lowest BCUT2D eigenvalue weighted by Gasteiger charge is -2.34. The monoisotopic (exact) mass is 381 g/mol. The molecular formula is C17H24ClN5O3. The van der Waals surface area contributed by atoms with Gasteiger partial charge in [0.15, 0.2) is 0 Å². The molecule has 0 radical (unpaired) electrons. The van der Waals surface area contributed by atoms with Crippen LogP contribution in [-0.2, 0) is 16.1 Å². The summed E-state index contributed by atoms with van der Waals surface area (Å²) in [4.78, 5) is 12.6. The van der Waals surface area contributed by atoms with Crippen LogP contribution in [0.3, 0.4) is 0 Å². The van der Waals surface area contributed by atoms with Crippen LogP contribution in [-0.4, -0.2) is 47.8 Å². The molecule has 26 heavy (non-hydrogen) atoms. The number of rotatable bonds is 6. The van der Waals surface area contributed by atoms with Crippen LogP contribution in [0.4, 0.5) is 0 Å². The Bertz CT molecular complexity index is 713. The van der Waals surface area contributed by atoms with Gasteiger partial charge < -0.3 is 20.5 Å². The van der Waals surface area contributed by atoms with Crippen molar-refractivity contribution < 1.29 is 14.3 Å². The molecule has 2 aromatic rings. The Balaban J connectivity index is 0.00000243. The summed E-state index contributed by atoms with van der Waals surface area (Å²) in [6.45, 7) is 1.77. The topological polar surface area (TPSA) is 104 Å². The van der Waals surface area contributed by atoms with Gasteiger partial charge in [-0.2, -0.15) is 0 Å². The first-order valence-electron chi connectivity index (χ1n) is 8.29. The molecule has 142 valence electrons. The molecule has 0 spiro atoms. The zero-order valence-corrected chi connectivity index (χ0v) is 15.5. The smallest absolute Gasteiger partial charge is 0.227 e. The first kappa shape index (κ1) is 20.2. The maximum atomic E-state index is 12.6. The van der Waals surface area contributed by atoms with E-state index in [2.05, 4.69) is 15.6 Å². The van der Waals surface area contributed by atoms with Gasteiger partial charge in [-0.3, -0.25) is 4.79 Å². The van der Waals surface area contributed by atoms with E-state index in [1.807, 2.05) is 24.3 Å². The zero-order chi connectivity index (χ0) is 17.7. The second-order valence-corrected chi connectivity index (χ2v) is 6.13. The van der Waals surface area contributed by atoms with E-state index >= 15 is 0 Å². The molecule has 3 rings (SSSR count). The fourth-order valence-corrected chi connectivity index (χ4v) is 2.88. The second-order valence-electron chi connectivity index (χ2n) is 6.13. The van der Waals surface area contributed by atoms with Crippen molar-refractivity contribution >= 4 is 18.3 Å². The number of carbonyl (C=O) groups excluding carboxylic acids is 1. The number of halogens is 1. The number of nitrogens with two attached hydrogens (primary N) is 1. The van der Waals surface area contributed by atoms with Gasteiger partial charge in [-0.15, -0.1) is 17.5 Å². The lowest BCUT2D eigenvalue weighted by atomic mass is 9.79. The molecule has 0 saturated carbocycles. The Kier molecular flexibility index (Phi) is 6.96. The van der Waals surface area contributed by atoms with Crippen molar-refractivity contribution in [3.63, 3.8) is 0 Å². The Hall–Kier alpha value is -2.16. The summed E-state index contributed by atoms with van der Waals surface area (Å²) in [6, 6.07) is 7.49. The van der Waals surface area contributed by atoms with Gasteiger partial charge in [-0.05, 0) is 37.1 Å². The van der Waals surface area contributed by atoms with E-state index in [1.165, 1.54) is 0 Å². The Morgan fingerprint density at radius 1 is 1.35 bits per heavy atom. The van der Waals surface area contributed by atoms with Gasteiger partial charge in [0.25, 0.3) is 0 Å². The van der Waals surface area contributed by atoms with Gasteiger partial charge in [0.2, 0.25) is 5.91 Å². The number of ether oxygens (including phenoxy) is 2. The largest absolute Gasteiger partial charge is 0.497 e. The highest BCUT2D eigenvalue weighted by Crippen LogP contribution is 2.29. The number of amides is 1. The van der Waals surface area contributed by atoms with Gasteiger partial charge in [0.05, 0.1) is 31.0 Å². The molecule has 1 aliphatic heterocycles. The molecule has 3 N–H and O–H groups in total. The Morgan fingerprint density at radius 3 is 2.65 bits per heavy atom. The van der Waals surface area contributed by atoms with E-state index in [1.54, 1.807) is 18.0 Å². The number of nitrogens with one attached hydrogen (secondary N) is 1. The average Bonchev–Trinajstić information content (AvgIpc) is 3.15.